The van der Waals surface area contributed by atoms with Gasteiger partial charge in [0, 0.05) is 0 Å². The number of aromatic amines is 1. The number of nitrogens with zero attached hydrogens (tertiary/aromatic N) is 2. The third-order valence-electron chi connectivity index (χ3n) is 4.03. The number of hydrogen-bond donors (Lipinski definition) is 4. The number of aliphatic hydroxyl groups excluding tert-OH is 1. The minimum atomic E-state index is -2.29. The second kappa shape index (κ2) is 5.51. The van der Waals surface area contributed by atoms with E-state index in [4.69, 9.17) is 15.9 Å². The molecule has 4 atom stereocenters. The maximum atomic E-state index is 15.1. The van der Waals surface area contributed by atoms with E-state index in [0.717, 1.165) is 13.3 Å². The van der Waals surface area contributed by atoms with Gasteiger partial charge in [0.05, 0.1) is 17.5 Å². The molecular formula is C14H18FN5O2. The van der Waals surface area contributed by atoms with Crippen molar-refractivity contribution in [1.29, 1.82) is 10.7 Å². The number of rotatable bonds is 4. The minimum Gasteiger partial charge on any atom is -0.387 e. The first-order chi connectivity index (χ1) is 10.3. The van der Waals surface area contributed by atoms with Crippen LogP contribution in [0.2, 0.25) is 0 Å². The Morgan fingerprint density at radius 1 is 1.73 bits per heavy atom. The summed E-state index contributed by atoms with van der Waals surface area (Å²) in [6, 6.07) is 4.83. The zero-order valence-corrected chi connectivity index (χ0v) is 12.3. The maximum absolute atomic E-state index is 15.1. The van der Waals surface area contributed by atoms with Crippen molar-refractivity contribution < 1.29 is 14.2 Å². The van der Waals surface area contributed by atoms with E-state index >= 15 is 4.39 Å². The number of nitrogens with one attached hydrogen (secondary N) is 2. The highest BCUT2D eigenvalue weighted by Crippen LogP contribution is 2.49. The van der Waals surface area contributed by atoms with Crippen LogP contribution in [0.25, 0.3) is 0 Å². The van der Waals surface area contributed by atoms with Crippen LogP contribution in [-0.4, -0.2) is 40.1 Å². The second-order valence-electron chi connectivity index (χ2n) is 5.31. The van der Waals surface area contributed by atoms with Gasteiger partial charge in [0.1, 0.15) is 24.3 Å². The molecule has 0 aromatic carbocycles. The molecule has 2 heterocycles. The zero-order chi connectivity index (χ0) is 16.5. The summed E-state index contributed by atoms with van der Waals surface area (Å²) in [5.41, 5.74) is 1.88. The Balaban J connectivity index is 2.51. The molecule has 2 rings (SSSR count). The van der Waals surface area contributed by atoms with Gasteiger partial charge in [-0.25, -0.2) is 9.38 Å². The molecule has 0 spiro atoms. The van der Waals surface area contributed by atoms with E-state index < -0.39 is 23.5 Å². The molecule has 1 aliphatic heterocycles. The van der Waals surface area contributed by atoms with E-state index in [2.05, 4.69) is 9.98 Å². The fraction of sp³-hybridized carbons (Fsp3) is 0.500. The summed E-state index contributed by atoms with van der Waals surface area (Å²) >= 11 is 0. The fourth-order valence-electron chi connectivity index (χ4n) is 2.68. The van der Waals surface area contributed by atoms with Crippen LogP contribution in [-0.2, 0) is 10.3 Å². The summed E-state index contributed by atoms with van der Waals surface area (Å²) in [6.45, 7) is 2.89. The SMILES string of the molecule is CC[C@H]1O[C@@](C#N)(c2ccc(/C(N)=N\C=N)[nH]2)[C@](C)(F)[C@@H]1O. The highest BCUT2D eigenvalue weighted by molar-refractivity contribution is 5.99. The number of nitriles is 1. The van der Waals surface area contributed by atoms with E-state index in [1.165, 1.54) is 12.1 Å². The molecule has 1 fully saturated rings. The molecule has 1 aliphatic rings. The van der Waals surface area contributed by atoms with Crippen LogP contribution in [0.3, 0.4) is 0 Å². The van der Waals surface area contributed by atoms with Crippen LogP contribution >= 0.6 is 0 Å². The van der Waals surface area contributed by atoms with Crippen molar-refractivity contribution in [3.05, 3.63) is 23.5 Å². The third kappa shape index (κ3) is 2.10. The van der Waals surface area contributed by atoms with Gasteiger partial charge in [0.2, 0.25) is 5.60 Å². The first kappa shape index (κ1) is 16.1. The van der Waals surface area contributed by atoms with Crippen LogP contribution in [0, 0.1) is 16.7 Å². The molecule has 118 valence electrons. The summed E-state index contributed by atoms with van der Waals surface area (Å²) < 4.78 is 20.7. The minimum absolute atomic E-state index is 0.0282. The number of ether oxygens (including phenoxy) is 1. The summed E-state index contributed by atoms with van der Waals surface area (Å²) in [7, 11) is 0. The average Bonchev–Trinajstić information content (AvgIpc) is 3.04. The molecule has 0 saturated carbocycles. The van der Waals surface area contributed by atoms with Crippen LogP contribution in [0.15, 0.2) is 17.1 Å². The van der Waals surface area contributed by atoms with Crippen LogP contribution in [0.1, 0.15) is 31.7 Å². The number of amidine groups is 1. The van der Waals surface area contributed by atoms with E-state index in [-0.39, 0.29) is 11.5 Å². The predicted octanol–water partition coefficient (Wildman–Crippen LogP) is 0.944. The fourth-order valence-corrected chi connectivity index (χ4v) is 2.68. The molecule has 1 aromatic rings. The number of halogens is 1. The van der Waals surface area contributed by atoms with Crippen molar-refractivity contribution in [3.63, 3.8) is 0 Å². The lowest BCUT2D eigenvalue weighted by Gasteiger charge is -2.30. The van der Waals surface area contributed by atoms with Gasteiger partial charge in [0.15, 0.2) is 5.67 Å². The normalized spacial score (nSPS) is 35.3. The Kier molecular flexibility index (Phi) is 4.04. The van der Waals surface area contributed by atoms with Crippen molar-refractivity contribution >= 4 is 12.2 Å². The maximum Gasteiger partial charge on any atom is 0.231 e. The van der Waals surface area contributed by atoms with Gasteiger partial charge in [-0.3, -0.25) is 5.41 Å². The topological polar surface area (TPSA) is 131 Å². The van der Waals surface area contributed by atoms with Gasteiger partial charge in [-0.05, 0) is 25.5 Å². The first-order valence-corrected chi connectivity index (χ1v) is 6.82. The Bertz CT molecular complexity index is 648. The smallest absolute Gasteiger partial charge is 0.231 e. The molecular weight excluding hydrogens is 289 g/mol. The number of hydrogen-bond acceptors (Lipinski definition) is 4. The molecule has 5 N–H and O–H groups in total. The molecule has 0 amide bonds. The van der Waals surface area contributed by atoms with Crippen molar-refractivity contribution in [2.24, 2.45) is 10.7 Å². The van der Waals surface area contributed by atoms with Crippen molar-refractivity contribution in [2.45, 2.75) is 43.7 Å². The van der Waals surface area contributed by atoms with E-state index in [9.17, 15) is 10.4 Å². The summed E-state index contributed by atoms with van der Waals surface area (Å²) in [5.74, 6) is 0.0282. The van der Waals surface area contributed by atoms with E-state index in [1.807, 2.05) is 6.07 Å². The lowest BCUT2D eigenvalue weighted by Crippen LogP contribution is -2.48. The molecule has 1 aromatic heterocycles. The van der Waals surface area contributed by atoms with Gasteiger partial charge in [-0.2, -0.15) is 5.26 Å². The molecule has 0 radical (unpaired) electrons. The standard InChI is InChI=1S/C14H18FN5O2/c1-3-9-11(21)13(2,15)14(6-16,22-9)10-5-4-8(20-10)12(18)19-7-17/h4-5,7,9,11,20-21H,3H2,1-2H3,(H3,17,18,19)/t9-,11-,13-,14+/m1/s1. The van der Waals surface area contributed by atoms with Gasteiger partial charge < -0.3 is 20.6 Å². The lowest BCUT2D eigenvalue weighted by atomic mass is 9.81. The van der Waals surface area contributed by atoms with Crippen molar-refractivity contribution in [1.82, 2.24) is 4.98 Å². The van der Waals surface area contributed by atoms with Gasteiger partial charge in [-0.15, -0.1) is 0 Å². The van der Waals surface area contributed by atoms with Gasteiger partial charge >= 0.3 is 0 Å². The number of nitrogens with two attached hydrogens (primary N) is 1. The number of aromatic nitrogens is 1. The molecule has 0 bridgehead atoms. The van der Waals surface area contributed by atoms with Crippen molar-refractivity contribution in [3.8, 4) is 6.07 Å². The Labute approximate surface area is 127 Å². The predicted molar refractivity (Wildman–Crippen MR) is 78.3 cm³/mol. The quantitative estimate of drug-likeness (QED) is 0.487. The highest BCUT2D eigenvalue weighted by atomic mass is 19.1. The summed E-state index contributed by atoms with van der Waals surface area (Å²) in [6.07, 6.45) is -1.06. The van der Waals surface area contributed by atoms with E-state index in [1.54, 1.807) is 6.92 Å². The average molecular weight is 307 g/mol. The lowest BCUT2D eigenvalue weighted by molar-refractivity contribution is -0.0612. The molecule has 7 nitrogen and oxygen atoms in total. The van der Waals surface area contributed by atoms with Crippen LogP contribution in [0.5, 0.6) is 0 Å². The van der Waals surface area contributed by atoms with E-state index in [0.29, 0.717) is 12.1 Å². The molecule has 0 unspecified atom stereocenters. The molecule has 1 saturated heterocycles. The highest BCUT2D eigenvalue weighted by Gasteiger charge is 2.66. The van der Waals surface area contributed by atoms with Crippen LogP contribution in [0.4, 0.5) is 4.39 Å². The number of alkyl halides is 1. The Hall–Kier alpha value is -2.24. The van der Waals surface area contributed by atoms with Gasteiger partial charge in [-0.1, -0.05) is 6.92 Å². The monoisotopic (exact) mass is 307 g/mol. The summed E-state index contributed by atoms with van der Waals surface area (Å²) in [5, 5.41) is 26.5. The third-order valence-corrected chi connectivity index (χ3v) is 4.03. The Morgan fingerprint density at radius 3 is 2.91 bits per heavy atom. The Morgan fingerprint density at radius 2 is 2.41 bits per heavy atom. The number of aliphatic imine (C=N–C) groups is 1. The van der Waals surface area contributed by atoms with Gasteiger partial charge in [0.25, 0.3) is 0 Å². The second-order valence-corrected chi connectivity index (χ2v) is 5.31. The van der Waals surface area contributed by atoms with Crippen molar-refractivity contribution in [2.75, 3.05) is 0 Å². The number of aliphatic hydroxyl groups is 1. The van der Waals surface area contributed by atoms with Crippen LogP contribution < -0.4 is 5.73 Å². The summed E-state index contributed by atoms with van der Waals surface area (Å²) in [4.78, 5) is 6.40. The number of H-pyrrole nitrogens is 1. The molecule has 8 heteroatoms. The first-order valence-electron chi connectivity index (χ1n) is 6.82. The zero-order valence-electron chi connectivity index (χ0n) is 12.3. The molecule has 22 heavy (non-hydrogen) atoms. The molecule has 0 aliphatic carbocycles. The largest absolute Gasteiger partial charge is 0.387 e.